The second kappa shape index (κ2) is 9.45. The number of hydrogen-bond acceptors (Lipinski definition) is 4. The van der Waals surface area contributed by atoms with Crippen LogP contribution in [-0.4, -0.2) is 28.0 Å². The Hall–Kier alpha value is -3.32. The molecular formula is C23H24N2O4S. The molecule has 0 aliphatic heterocycles. The van der Waals surface area contributed by atoms with Crippen LogP contribution in [0.2, 0.25) is 0 Å². The Bertz CT molecular complexity index is 1080. The Kier molecular flexibility index (Phi) is 6.74. The third-order valence-electron chi connectivity index (χ3n) is 4.57. The smallest absolute Gasteiger partial charge is 0.264 e. The van der Waals surface area contributed by atoms with Crippen molar-refractivity contribution in [1.82, 2.24) is 0 Å². The van der Waals surface area contributed by atoms with Crippen LogP contribution in [-0.2, 0) is 14.8 Å². The van der Waals surface area contributed by atoms with E-state index in [0.29, 0.717) is 17.1 Å². The number of carbonyl (C=O) groups is 1. The maximum atomic E-state index is 13.2. The number of nitrogens with one attached hydrogen (secondary N) is 1. The molecule has 3 aromatic rings. The molecule has 0 bridgehead atoms. The first-order valence-electron chi connectivity index (χ1n) is 9.48. The second-order valence-electron chi connectivity index (χ2n) is 6.75. The van der Waals surface area contributed by atoms with Crippen molar-refractivity contribution >= 4 is 27.3 Å². The minimum atomic E-state index is -3.81. The SMILES string of the molecule is COc1ccc(NC(=O)CCN(c2ccc(C)cc2)S(=O)(=O)c2ccccc2)cc1. The molecule has 0 unspecified atom stereocenters. The Labute approximate surface area is 177 Å². The summed E-state index contributed by atoms with van der Waals surface area (Å²) in [6.07, 6.45) is 0.00592. The van der Waals surface area contributed by atoms with Crippen molar-refractivity contribution in [1.29, 1.82) is 0 Å². The molecule has 1 amide bonds. The number of hydrogen-bond donors (Lipinski definition) is 1. The third kappa shape index (κ3) is 5.18. The molecule has 3 aromatic carbocycles. The van der Waals surface area contributed by atoms with Crippen LogP contribution in [0.3, 0.4) is 0 Å². The van der Waals surface area contributed by atoms with Gasteiger partial charge in [-0.2, -0.15) is 0 Å². The van der Waals surface area contributed by atoms with Crippen LogP contribution in [0.1, 0.15) is 12.0 Å². The molecule has 0 aliphatic rings. The number of anilines is 2. The van der Waals surface area contributed by atoms with E-state index in [-0.39, 0.29) is 23.8 Å². The number of carbonyl (C=O) groups excluding carboxylic acids is 1. The van der Waals surface area contributed by atoms with Crippen molar-refractivity contribution in [3.05, 3.63) is 84.4 Å². The topological polar surface area (TPSA) is 75.7 Å². The van der Waals surface area contributed by atoms with Crippen molar-refractivity contribution in [3.63, 3.8) is 0 Å². The molecule has 0 heterocycles. The molecule has 1 N–H and O–H groups in total. The van der Waals surface area contributed by atoms with Crippen LogP contribution < -0.4 is 14.4 Å². The van der Waals surface area contributed by atoms with E-state index in [9.17, 15) is 13.2 Å². The van der Waals surface area contributed by atoms with Gasteiger partial charge in [0, 0.05) is 18.7 Å². The minimum absolute atomic E-state index is 0.00592. The monoisotopic (exact) mass is 424 g/mol. The summed E-state index contributed by atoms with van der Waals surface area (Å²) in [5, 5.41) is 2.78. The number of ether oxygens (including phenoxy) is 1. The molecule has 0 fully saturated rings. The molecule has 0 aliphatic carbocycles. The highest BCUT2D eigenvalue weighted by Crippen LogP contribution is 2.24. The van der Waals surface area contributed by atoms with Crippen LogP contribution in [0.25, 0.3) is 0 Å². The number of methoxy groups -OCH3 is 1. The van der Waals surface area contributed by atoms with Gasteiger partial charge in [0.2, 0.25) is 5.91 Å². The van der Waals surface area contributed by atoms with Crippen molar-refractivity contribution < 1.29 is 17.9 Å². The van der Waals surface area contributed by atoms with Crippen molar-refractivity contribution in [2.45, 2.75) is 18.2 Å². The first-order chi connectivity index (χ1) is 14.4. The second-order valence-corrected chi connectivity index (χ2v) is 8.61. The average molecular weight is 425 g/mol. The lowest BCUT2D eigenvalue weighted by atomic mass is 10.2. The molecule has 156 valence electrons. The lowest BCUT2D eigenvalue weighted by Crippen LogP contribution is -2.34. The number of sulfonamides is 1. The Morgan fingerprint density at radius 1 is 0.933 bits per heavy atom. The number of nitrogens with zero attached hydrogens (tertiary/aromatic N) is 1. The summed E-state index contributed by atoms with van der Waals surface area (Å²) in [5.74, 6) is 0.410. The van der Waals surface area contributed by atoms with Gasteiger partial charge < -0.3 is 10.1 Å². The number of amides is 1. The molecule has 30 heavy (non-hydrogen) atoms. The molecule has 0 saturated carbocycles. The Morgan fingerprint density at radius 2 is 1.57 bits per heavy atom. The summed E-state index contributed by atoms with van der Waals surface area (Å²) < 4.78 is 32.9. The average Bonchev–Trinajstić information content (AvgIpc) is 2.76. The van der Waals surface area contributed by atoms with Crippen LogP contribution in [0.4, 0.5) is 11.4 Å². The highest BCUT2D eigenvalue weighted by atomic mass is 32.2. The van der Waals surface area contributed by atoms with E-state index in [1.54, 1.807) is 73.8 Å². The van der Waals surface area contributed by atoms with Crippen LogP contribution in [0.5, 0.6) is 5.75 Å². The van der Waals surface area contributed by atoms with Gasteiger partial charge >= 0.3 is 0 Å². The van der Waals surface area contributed by atoms with Gasteiger partial charge in [0.25, 0.3) is 10.0 Å². The summed E-state index contributed by atoms with van der Waals surface area (Å²) >= 11 is 0. The van der Waals surface area contributed by atoms with Crippen molar-refractivity contribution in [2.75, 3.05) is 23.3 Å². The van der Waals surface area contributed by atoms with E-state index >= 15 is 0 Å². The normalized spacial score (nSPS) is 11.0. The van der Waals surface area contributed by atoms with Gasteiger partial charge in [-0.15, -0.1) is 0 Å². The van der Waals surface area contributed by atoms with Crippen LogP contribution in [0.15, 0.2) is 83.8 Å². The molecule has 0 spiro atoms. The first-order valence-corrected chi connectivity index (χ1v) is 10.9. The lowest BCUT2D eigenvalue weighted by Gasteiger charge is -2.24. The lowest BCUT2D eigenvalue weighted by molar-refractivity contribution is -0.116. The van der Waals surface area contributed by atoms with Crippen LogP contribution >= 0.6 is 0 Å². The summed E-state index contributed by atoms with van der Waals surface area (Å²) in [4.78, 5) is 12.6. The maximum Gasteiger partial charge on any atom is 0.264 e. The minimum Gasteiger partial charge on any atom is -0.497 e. The summed E-state index contributed by atoms with van der Waals surface area (Å²) in [7, 11) is -2.24. The van der Waals surface area contributed by atoms with E-state index < -0.39 is 10.0 Å². The zero-order valence-electron chi connectivity index (χ0n) is 16.9. The highest BCUT2D eigenvalue weighted by molar-refractivity contribution is 7.92. The van der Waals surface area contributed by atoms with E-state index in [1.807, 2.05) is 19.1 Å². The zero-order valence-corrected chi connectivity index (χ0v) is 17.7. The van der Waals surface area contributed by atoms with Gasteiger partial charge in [0.05, 0.1) is 17.7 Å². The van der Waals surface area contributed by atoms with E-state index in [0.717, 1.165) is 5.56 Å². The quantitative estimate of drug-likeness (QED) is 0.587. The van der Waals surface area contributed by atoms with Gasteiger partial charge in [-0.1, -0.05) is 35.9 Å². The fraction of sp³-hybridized carbons (Fsp3) is 0.174. The molecule has 7 heteroatoms. The van der Waals surface area contributed by atoms with Gasteiger partial charge in [0.1, 0.15) is 5.75 Å². The largest absolute Gasteiger partial charge is 0.497 e. The first kappa shape index (κ1) is 21.4. The Balaban J connectivity index is 1.78. The number of rotatable bonds is 8. The van der Waals surface area contributed by atoms with Gasteiger partial charge in [-0.3, -0.25) is 9.10 Å². The summed E-state index contributed by atoms with van der Waals surface area (Å²) in [6, 6.07) is 22.4. The summed E-state index contributed by atoms with van der Waals surface area (Å²) in [5.41, 5.74) is 2.16. The van der Waals surface area contributed by atoms with E-state index in [2.05, 4.69) is 5.32 Å². The highest BCUT2D eigenvalue weighted by Gasteiger charge is 2.25. The standard InChI is InChI=1S/C23H24N2O4S/c1-18-8-12-20(13-9-18)25(30(27,28)22-6-4-3-5-7-22)17-16-23(26)24-19-10-14-21(29-2)15-11-19/h3-15H,16-17H2,1-2H3,(H,24,26). The van der Waals surface area contributed by atoms with E-state index in [4.69, 9.17) is 4.74 Å². The fourth-order valence-electron chi connectivity index (χ4n) is 2.92. The van der Waals surface area contributed by atoms with E-state index in [1.165, 1.54) is 4.31 Å². The molecule has 3 rings (SSSR count). The number of benzene rings is 3. The Morgan fingerprint density at radius 3 is 2.17 bits per heavy atom. The molecule has 0 saturated heterocycles. The van der Waals surface area contributed by atoms with Gasteiger partial charge in [0.15, 0.2) is 0 Å². The van der Waals surface area contributed by atoms with Crippen molar-refractivity contribution in [3.8, 4) is 5.75 Å². The molecule has 0 atom stereocenters. The number of aryl methyl sites for hydroxylation is 1. The molecule has 0 radical (unpaired) electrons. The predicted octanol–water partition coefficient (Wildman–Crippen LogP) is 4.23. The van der Waals surface area contributed by atoms with Crippen molar-refractivity contribution in [2.24, 2.45) is 0 Å². The summed E-state index contributed by atoms with van der Waals surface area (Å²) in [6.45, 7) is 1.95. The van der Waals surface area contributed by atoms with Gasteiger partial charge in [-0.25, -0.2) is 8.42 Å². The maximum absolute atomic E-state index is 13.2. The predicted molar refractivity (Wildman–Crippen MR) is 118 cm³/mol. The van der Waals surface area contributed by atoms with Crippen LogP contribution in [0, 0.1) is 6.92 Å². The third-order valence-corrected chi connectivity index (χ3v) is 6.41. The molecule has 6 nitrogen and oxygen atoms in total. The molecule has 0 aromatic heterocycles. The van der Waals surface area contributed by atoms with Gasteiger partial charge in [-0.05, 0) is 55.5 Å². The zero-order chi connectivity index (χ0) is 21.6. The molecular weight excluding hydrogens is 400 g/mol. The fourth-order valence-corrected chi connectivity index (χ4v) is 4.41.